The van der Waals surface area contributed by atoms with Crippen LogP contribution in [0.15, 0.2) is 18.3 Å². The Hall–Kier alpha value is -1.25. The Bertz CT molecular complexity index is 367. The van der Waals surface area contributed by atoms with Gasteiger partial charge in [0.05, 0.1) is 0 Å². The van der Waals surface area contributed by atoms with Crippen LogP contribution in [0.1, 0.15) is 39.3 Å². The highest BCUT2D eigenvalue weighted by Gasteiger charge is 2.40. The van der Waals surface area contributed by atoms with Crippen LogP contribution in [0.3, 0.4) is 0 Å². The Morgan fingerprint density at radius 1 is 1.56 bits per heavy atom. The van der Waals surface area contributed by atoms with Gasteiger partial charge in [-0.15, -0.1) is 0 Å². The summed E-state index contributed by atoms with van der Waals surface area (Å²) in [6.07, 6.45) is 4.17. The molecule has 0 radical (unpaired) electrons. The minimum Gasteiger partial charge on any atom is -0.364 e. The number of likely N-dealkylation sites (tertiary alicyclic amines) is 1. The van der Waals surface area contributed by atoms with E-state index in [0.29, 0.717) is 6.04 Å². The summed E-state index contributed by atoms with van der Waals surface area (Å²) < 4.78 is 0. The van der Waals surface area contributed by atoms with Gasteiger partial charge in [-0.3, -0.25) is 4.79 Å². The van der Waals surface area contributed by atoms with Gasteiger partial charge in [0, 0.05) is 36.8 Å². The first-order chi connectivity index (χ1) is 7.53. The highest BCUT2D eigenvalue weighted by atomic mass is 16.2. The van der Waals surface area contributed by atoms with Crippen molar-refractivity contribution in [2.45, 2.75) is 45.1 Å². The molecule has 16 heavy (non-hydrogen) atoms. The fourth-order valence-electron chi connectivity index (χ4n) is 2.80. The highest BCUT2D eigenvalue weighted by molar-refractivity contribution is 5.74. The van der Waals surface area contributed by atoms with Crippen molar-refractivity contribution in [1.29, 1.82) is 0 Å². The minimum absolute atomic E-state index is 0.00562. The molecule has 2 rings (SSSR count). The molecule has 1 amide bonds. The van der Waals surface area contributed by atoms with Crippen LogP contribution in [-0.4, -0.2) is 28.4 Å². The number of H-pyrrole nitrogens is 1. The molecule has 1 atom stereocenters. The molecule has 1 aromatic rings. The molecule has 1 aliphatic heterocycles. The number of nitrogens with one attached hydrogen (secondary N) is 1. The van der Waals surface area contributed by atoms with Gasteiger partial charge in [0.25, 0.3) is 0 Å². The first-order valence-electron chi connectivity index (χ1n) is 5.94. The van der Waals surface area contributed by atoms with Crippen molar-refractivity contribution in [3.8, 4) is 0 Å². The topological polar surface area (TPSA) is 36.1 Å². The summed E-state index contributed by atoms with van der Waals surface area (Å²) in [4.78, 5) is 16.9. The zero-order chi connectivity index (χ0) is 11.8. The SMILES string of the molecule is CC(=O)N1CCC[C@@H]1C(C)(C)c1ccc[nH]1. The second-order valence-corrected chi connectivity index (χ2v) is 5.18. The Morgan fingerprint density at radius 3 is 2.88 bits per heavy atom. The van der Waals surface area contributed by atoms with Gasteiger partial charge < -0.3 is 9.88 Å². The van der Waals surface area contributed by atoms with E-state index in [2.05, 4.69) is 24.9 Å². The van der Waals surface area contributed by atoms with Crippen molar-refractivity contribution >= 4 is 5.91 Å². The molecule has 0 aliphatic carbocycles. The Kier molecular flexibility index (Phi) is 2.78. The lowest BCUT2D eigenvalue weighted by molar-refractivity contribution is -0.130. The van der Waals surface area contributed by atoms with E-state index in [1.807, 2.05) is 17.2 Å². The third-order valence-electron chi connectivity index (χ3n) is 3.78. The second kappa shape index (κ2) is 3.96. The molecule has 3 nitrogen and oxygen atoms in total. The molecule has 2 heterocycles. The average molecular weight is 220 g/mol. The van der Waals surface area contributed by atoms with Crippen LogP contribution in [0.25, 0.3) is 0 Å². The van der Waals surface area contributed by atoms with Crippen LogP contribution in [0, 0.1) is 0 Å². The molecule has 3 heteroatoms. The molecular formula is C13H20N2O. The van der Waals surface area contributed by atoms with Crippen LogP contribution < -0.4 is 0 Å². The summed E-state index contributed by atoms with van der Waals surface area (Å²) in [5.41, 5.74) is 1.22. The summed E-state index contributed by atoms with van der Waals surface area (Å²) in [7, 11) is 0. The van der Waals surface area contributed by atoms with Crippen molar-refractivity contribution in [2.75, 3.05) is 6.54 Å². The number of hydrogen-bond acceptors (Lipinski definition) is 1. The van der Waals surface area contributed by atoms with Crippen LogP contribution in [0.2, 0.25) is 0 Å². The van der Waals surface area contributed by atoms with E-state index in [1.54, 1.807) is 6.92 Å². The summed E-state index contributed by atoms with van der Waals surface area (Å²) >= 11 is 0. The maximum absolute atomic E-state index is 11.6. The lowest BCUT2D eigenvalue weighted by atomic mass is 9.80. The Balaban J connectivity index is 2.26. The summed E-state index contributed by atoms with van der Waals surface area (Å²) in [5, 5.41) is 0. The van der Waals surface area contributed by atoms with Gasteiger partial charge in [-0.1, -0.05) is 13.8 Å². The van der Waals surface area contributed by atoms with E-state index in [4.69, 9.17) is 0 Å². The highest BCUT2D eigenvalue weighted by Crippen LogP contribution is 2.35. The van der Waals surface area contributed by atoms with Gasteiger partial charge >= 0.3 is 0 Å². The third kappa shape index (κ3) is 1.75. The maximum atomic E-state index is 11.6. The van der Waals surface area contributed by atoms with E-state index < -0.39 is 0 Å². The fourth-order valence-corrected chi connectivity index (χ4v) is 2.80. The van der Waals surface area contributed by atoms with Gasteiger partial charge in [-0.2, -0.15) is 0 Å². The lowest BCUT2D eigenvalue weighted by Gasteiger charge is -2.37. The zero-order valence-electron chi connectivity index (χ0n) is 10.3. The quantitative estimate of drug-likeness (QED) is 0.815. The van der Waals surface area contributed by atoms with Crippen LogP contribution in [-0.2, 0) is 10.2 Å². The monoisotopic (exact) mass is 220 g/mol. The molecular weight excluding hydrogens is 200 g/mol. The van der Waals surface area contributed by atoms with E-state index in [-0.39, 0.29) is 11.3 Å². The van der Waals surface area contributed by atoms with Crippen molar-refractivity contribution in [1.82, 2.24) is 9.88 Å². The fraction of sp³-hybridized carbons (Fsp3) is 0.615. The normalized spacial score (nSPS) is 21.4. The first kappa shape index (κ1) is 11.2. The number of hydrogen-bond donors (Lipinski definition) is 1. The molecule has 0 unspecified atom stereocenters. The number of rotatable bonds is 2. The van der Waals surface area contributed by atoms with Crippen molar-refractivity contribution in [3.05, 3.63) is 24.0 Å². The largest absolute Gasteiger partial charge is 0.364 e. The summed E-state index contributed by atoms with van der Waals surface area (Å²) in [5.74, 6) is 0.196. The van der Waals surface area contributed by atoms with Crippen LogP contribution in [0.4, 0.5) is 0 Å². The van der Waals surface area contributed by atoms with Gasteiger partial charge in [0.15, 0.2) is 0 Å². The second-order valence-electron chi connectivity index (χ2n) is 5.18. The number of aromatic amines is 1. The van der Waals surface area contributed by atoms with E-state index in [0.717, 1.165) is 19.4 Å². The number of aromatic nitrogens is 1. The molecule has 0 aromatic carbocycles. The third-order valence-corrected chi connectivity index (χ3v) is 3.78. The number of carbonyl (C=O) groups excluding carboxylic acids is 1. The number of carbonyl (C=O) groups is 1. The van der Waals surface area contributed by atoms with Crippen LogP contribution in [0.5, 0.6) is 0 Å². The standard InChI is InChI=1S/C13H20N2O/c1-10(16)15-9-5-7-12(15)13(2,3)11-6-4-8-14-11/h4,6,8,12,14H,5,7,9H2,1-3H3/t12-/m1/s1. The van der Waals surface area contributed by atoms with E-state index in [1.165, 1.54) is 5.69 Å². The van der Waals surface area contributed by atoms with E-state index in [9.17, 15) is 4.79 Å². The predicted molar refractivity (Wildman–Crippen MR) is 64.2 cm³/mol. The first-order valence-corrected chi connectivity index (χ1v) is 5.94. The van der Waals surface area contributed by atoms with Gasteiger partial charge in [0.2, 0.25) is 5.91 Å². The van der Waals surface area contributed by atoms with Crippen molar-refractivity contribution < 1.29 is 4.79 Å². The predicted octanol–water partition coefficient (Wildman–Crippen LogP) is 2.30. The molecule has 1 fully saturated rings. The Morgan fingerprint density at radius 2 is 2.31 bits per heavy atom. The molecule has 0 spiro atoms. The van der Waals surface area contributed by atoms with Crippen LogP contribution >= 0.6 is 0 Å². The number of amides is 1. The van der Waals surface area contributed by atoms with Gasteiger partial charge in [-0.25, -0.2) is 0 Å². The number of nitrogens with zero attached hydrogens (tertiary/aromatic N) is 1. The molecule has 0 bridgehead atoms. The smallest absolute Gasteiger partial charge is 0.219 e. The summed E-state index contributed by atoms with van der Waals surface area (Å²) in [6.45, 7) is 7.00. The molecule has 1 saturated heterocycles. The molecule has 1 aromatic heterocycles. The molecule has 0 saturated carbocycles. The Labute approximate surface area is 96.8 Å². The van der Waals surface area contributed by atoms with E-state index >= 15 is 0 Å². The zero-order valence-corrected chi connectivity index (χ0v) is 10.3. The molecule has 1 N–H and O–H groups in total. The molecule has 88 valence electrons. The lowest BCUT2D eigenvalue weighted by Crippen LogP contribution is -2.46. The maximum Gasteiger partial charge on any atom is 0.219 e. The summed E-state index contributed by atoms with van der Waals surface area (Å²) in [6, 6.07) is 4.45. The van der Waals surface area contributed by atoms with Gasteiger partial charge in [-0.05, 0) is 25.0 Å². The van der Waals surface area contributed by atoms with Crippen molar-refractivity contribution in [3.63, 3.8) is 0 Å². The van der Waals surface area contributed by atoms with Gasteiger partial charge in [0.1, 0.15) is 0 Å². The minimum atomic E-state index is 0.00562. The van der Waals surface area contributed by atoms with Crippen molar-refractivity contribution in [2.24, 2.45) is 0 Å². The average Bonchev–Trinajstić information content (AvgIpc) is 2.89. The molecule has 1 aliphatic rings.